The van der Waals surface area contributed by atoms with E-state index in [2.05, 4.69) is 41.6 Å². The first-order valence-corrected chi connectivity index (χ1v) is 7.94. The second-order valence-corrected chi connectivity index (χ2v) is 4.95. The molecule has 5 heteroatoms. The van der Waals surface area contributed by atoms with E-state index in [-0.39, 0.29) is 0 Å². The zero-order valence-electron chi connectivity index (χ0n) is 14.2. The number of nitrogens with one attached hydrogen (secondary N) is 2. The van der Waals surface area contributed by atoms with Crippen LogP contribution in [0.1, 0.15) is 25.0 Å². The third-order valence-electron chi connectivity index (χ3n) is 3.18. The Balaban J connectivity index is 2.50. The van der Waals surface area contributed by atoms with Crippen LogP contribution in [0.3, 0.4) is 0 Å². The van der Waals surface area contributed by atoms with Gasteiger partial charge in [0.15, 0.2) is 5.96 Å². The van der Waals surface area contributed by atoms with Crippen molar-refractivity contribution in [1.82, 2.24) is 10.6 Å². The van der Waals surface area contributed by atoms with Crippen molar-refractivity contribution in [3.05, 3.63) is 29.3 Å². The SMILES string of the molecule is CCNC(=NCCOCC)NCCc1cc(C)ccc1OC. The summed E-state index contributed by atoms with van der Waals surface area (Å²) in [5.74, 6) is 1.76. The number of nitrogens with zero attached hydrogens (tertiary/aromatic N) is 1. The largest absolute Gasteiger partial charge is 0.496 e. The molecule has 0 heterocycles. The van der Waals surface area contributed by atoms with Gasteiger partial charge in [0.25, 0.3) is 0 Å². The maximum Gasteiger partial charge on any atom is 0.191 e. The first kappa shape index (κ1) is 18.3. The number of hydrogen-bond acceptors (Lipinski definition) is 3. The number of benzene rings is 1. The van der Waals surface area contributed by atoms with E-state index in [0.29, 0.717) is 13.2 Å². The Bertz CT molecular complexity index is 461. The minimum absolute atomic E-state index is 0.652. The first-order valence-electron chi connectivity index (χ1n) is 7.94. The zero-order chi connectivity index (χ0) is 16.2. The van der Waals surface area contributed by atoms with E-state index in [0.717, 1.165) is 37.8 Å². The number of methoxy groups -OCH3 is 1. The van der Waals surface area contributed by atoms with E-state index in [1.165, 1.54) is 11.1 Å². The van der Waals surface area contributed by atoms with Crippen molar-refractivity contribution in [2.45, 2.75) is 27.2 Å². The van der Waals surface area contributed by atoms with Crippen LogP contribution in [0.5, 0.6) is 5.75 Å². The molecule has 0 radical (unpaired) electrons. The third-order valence-corrected chi connectivity index (χ3v) is 3.18. The van der Waals surface area contributed by atoms with Crippen molar-refractivity contribution < 1.29 is 9.47 Å². The summed E-state index contributed by atoms with van der Waals surface area (Å²) in [6.07, 6.45) is 0.890. The average molecular weight is 307 g/mol. The quantitative estimate of drug-likeness (QED) is 0.417. The van der Waals surface area contributed by atoms with Crippen LogP contribution in [0, 0.1) is 6.92 Å². The van der Waals surface area contributed by atoms with Gasteiger partial charge in [0.05, 0.1) is 20.3 Å². The fourth-order valence-corrected chi connectivity index (χ4v) is 2.13. The number of aryl methyl sites for hydroxylation is 1. The summed E-state index contributed by atoms with van der Waals surface area (Å²) >= 11 is 0. The number of ether oxygens (including phenoxy) is 2. The van der Waals surface area contributed by atoms with Gasteiger partial charge in [-0.25, -0.2) is 0 Å². The number of hydrogen-bond donors (Lipinski definition) is 2. The topological polar surface area (TPSA) is 54.9 Å². The van der Waals surface area contributed by atoms with Gasteiger partial charge in [-0.05, 0) is 38.8 Å². The van der Waals surface area contributed by atoms with Crippen molar-refractivity contribution in [2.24, 2.45) is 4.99 Å². The van der Waals surface area contributed by atoms with Crippen molar-refractivity contribution in [2.75, 3.05) is 40.0 Å². The molecular weight excluding hydrogens is 278 g/mol. The van der Waals surface area contributed by atoms with Gasteiger partial charge < -0.3 is 20.1 Å². The van der Waals surface area contributed by atoms with Crippen LogP contribution < -0.4 is 15.4 Å². The molecule has 5 nitrogen and oxygen atoms in total. The lowest BCUT2D eigenvalue weighted by molar-refractivity contribution is 0.155. The summed E-state index contributed by atoms with van der Waals surface area (Å²) in [6, 6.07) is 6.25. The molecule has 0 unspecified atom stereocenters. The predicted molar refractivity (Wildman–Crippen MR) is 91.9 cm³/mol. The highest BCUT2D eigenvalue weighted by molar-refractivity contribution is 5.79. The number of guanidine groups is 1. The molecular formula is C17H29N3O2. The van der Waals surface area contributed by atoms with Crippen LogP contribution >= 0.6 is 0 Å². The van der Waals surface area contributed by atoms with Gasteiger partial charge in [-0.15, -0.1) is 0 Å². The first-order chi connectivity index (χ1) is 10.7. The third kappa shape index (κ3) is 6.80. The van der Waals surface area contributed by atoms with Crippen LogP contribution in [-0.2, 0) is 11.2 Å². The highest BCUT2D eigenvalue weighted by atomic mass is 16.5. The Morgan fingerprint density at radius 2 is 2.05 bits per heavy atom. The van der Waals surface area contributed by atoms with E-state index in [9.17, 15) is 0 Å². The fraction of sp³-hybridized carbons (Fsp3) is 0.588. The maximum absolute atomic E-state index is 5.41. The number of rotatable bonds is 9. The van der Waals surface area contributed by atoms with Gasteiger partial charge in [-0.2, -0.15) is 0 Å². The summed E-state index contributed by atoms with van der Waals surface area (Å²) in [7, 11) is 1.71. The maximum atomic E-state index is 5.41. The molecule has 1 aromatic rings. The predicted octanol–water partition coefficient (Wildman–Crippen LogP) is 2.14. The Labute approximate surface area is 134 Å². The second-order valence-electron chi connectivity index (χ2n) is 4.95. The number of aliphatic imine (C=N–C) groups is 1. The highest BCUT2D eigenvalue weighted by Crippen LogP contribution is 2.19. The molecule has 0 aliphatic carbocycles. The Hall–Kier alpha value is -1.75. The van der Waals surface area contributed by atoms with Gasteiger partial charge in [0.2, 0.25) is 0 Å². The molecule has 0 aliphatic heterocycles. The molecule has 1 aromatic carbocycles. The van der Waals surface area contributed by atoms with Gasteiger partial charge in [0.1, 0.15) is 5.75 Å². The van der Waals surface area contributed by atoms with Crippen molar-refractivity contribution in [3.8, 4) is 5.75 Å². The monoisotopic (exact) mass is 307 g/mol. The Morgan fingerprint density at radius 1 is 1.23 bits per heavy atom. The summed E-state index contributed by atoms with van der Waals surface area (Å²) in [4.78, 5) is 4.48. The van der Waals surface area contributed by atoms with Crippen molar-refractivity contribution in [1.29, 1.82) is 0 Å². The molecule has 0 aromatic heterocycles. The minimum atomic E-state index is 0.652. The van der Waals surface area contributed by atoms with Crippen LogP contribution in [-0.4, -0.2) is 45.9 Å². The summed E-state index contributed by atoms with van der Waals surface area (Å²) in [5.41, 5.74) is 2.45. The van der Waals surface area contributed by atoms with Crippen LogP contribution in [0.4, 0.5) is 0 Å². The highest BCUT2D eigenvalue weighted by Gasteiger charge is 2.04. The molecule has 0 saturated heterocycles. The van der Waals surface area contributed by atoms with E-state index in [1.807, 2.05) is 13.0 Å². The normalized spacial score (nSPS) is 11.4. The van der Waals surface area contributed by atoms with E-state index in [4.69, 9.17) is 9.47 Å². The molecule has 2 N–H and O–H groups in total. The molecule has 0 bridgehead atoms. The zero-order valence-corrected chi connectivity index (χ0v) is 14.2. The van der Waals surface area contributed by atoms with E-state index < -0.39 is 0 Å². The molecule has 1 rings (SSSR count). The van der Waals surface area contributed by atoms with Crippen molar-refractivity contribution in [3.63, 3.8) is 0 Å². The molecule has 0 aliphatic rings. The average Bonchev–Trinajstić information content (AvgIpc) is 2.51. The lowest BCUT2D eigenvalue weighted by Gasteiger charge is -2.13. The summed E-state index contributed by atoms with van der Waals surface area (Å²) in [5, 5.41) is 6.58. The second kappa shape index (κ2) is 10.9. The van der Waals surface area contributed by atoms with Crippen molar-refractivity contribution >= 4 is 5.96 Å². The lowest BCUT2D eigenvalue weighted by Crippen LogP contribution is -2.38. The molecule has 0 amide bonds. The summed E-state index contributed by atoms with van der Waals surface area (Å²) < 4.78 is 10.7. The minimum Gasteiger partial charge on any atom is -0.496 e. The molecule has 0 fully saturated rings. The van der Waals surface area contributed by atoms with Gasteiger partial charge in [0, 0.05) is 19.7 Å². The van der Waals surface area contributed by atoms with E-state index in [1.54, 1.807) is 7.11 Å². The van der Waals surface area contributed by atoms with Gasteiger partial charge >= 0.3 is 0 Å². The van der Waals surface area contributed by atoms with Crippen LogP contribution in [0.15, 0.2) is 23.2 Å². The fourth-order valence-electron chi connectivity index (χ4n) is 2.13. The van der Waals surface area contributed by atoms with Crippen LogP contribution in [0.2, 0.25) is 0 Å². The molecule has 22 heavy (non-hydrogen) atoms. The van der Waals surface area contributed by atoms with E-state index >= 15 is 0 Å². The van der Waals surface area contributed by atoms with Crippen LogP contribution in [0.25, 0.3) is 0 Å². The smallest absolute Gasteiger partial charge is 0.191 e. The summed E-state index contributed by atoms with van der Waals surface area (Å²) in [6.45, 7) is 9.83. The van der Waals surface area contributed by atoms with Gasteiger partial charge in [-0.3, -0.25) is 4.99 Å². The molecule has 0 saturated carbocycles. The standard InChI is InChI=1S/C17H29N3O2/c1-5-18-17(20-11-12-22-6-2)19-10-9-15-13-14(3)7-8-16(15)21-4/h7-8,13H,5-6,9-12H2,1-4H3,(H2,18,19,20). The Kier molecular flexibility index (Phi) is 9.07. The molecule has 0 atom stereocenters. The molecule has 124 valence electrons. The lowest BCUT2D eigenvalue weighted by atomic mass is 10.1. The molecule has 0 spiro atoms. The Morgan fingerprint density at radius 3 is 2.73 bits per heavy atom. The van der Waals surface area contributed by atoms with Gasteiger partial charge in [-0.1, -0.05) is 17.7 Å².